The molecule has 1 aromatic carbocycles. The Labute approximate surface area is 96.7 Å². The van der Waals surface area contributed by atoms with Crippen LogP contribution in [0.3, 0.4) is 0 Å². The number of nitrogens with one attached hydrogen (secondary N) is 1. The Balaban J connectivity index is 1.97. The number of hydrogen-bond acceptors (Lipinski definition) is 2. The lowest BCUT2D eigenvalue weighted by Gasteiger charge is -2.11. The van der Waals surface area contributed by atoms with Gasteiger partial charge in [-0.2, -0.15) is 0 Å². The molecule has 1 unspecified atom stereocenters. The molecule has 0 aromatic heterocycles. The van der Waals surface area contributed by atoms with Crippen LogP contribution in [0.4, 0.5) is 0 Å². The van der Waals surface area contributed by atoms with Crippen LogP contribution in [0.25, 0.3) is 0 Å². The van der Waals surface area contributed by atoms with Gasteiger partial charge in [0.05, 0.1) is 0 Å². The van der Waals surface area contributed by atoms with Crippen LogP contribution in [0.1, 0.15) is 31.4 Å². The summed E-state index contributed by atoms with van der Waals surface area (Å²) in [4.78, 5) is 1.42. The summed E-state index contributed by atoms with van der Waals surface area (Å²) in [5.74, 6) is 2.30. The first-order valence-electron chi connectivity index (χ1n) is 5.69. The minimum absolute atomic E-state index is 0.450. The fraction of sp³-hybridized carbons (Fsp3) is 0.538. The molecule has 1 aliphatic carbocycles. The zero-order valence-electron chi connectivity index (χ0n) is 9.49. The molecule has 1 atom stereocenters. The molecule has 0 saturated heterocycles. The summed E-state index contributed by atoms with van der Waals surface area (Å²) in [6, 6.07) is 9.35. The Bertz CT molecular complexity index is 320. The van der Waals surface area contributed by atoms with Crippen molar-refractivity contribution in [1.29, 1.82) is 0 Å². The number of rotatable bonds is 5. The average Bonchev–Trinajstić information content (AvgIpc) is 3.09. The molecular weight excluding hydrogens is 202 g/mol. The van der Waals surface area contributed by atoms with Crippen molar-refractivity contribution in [2.24, 2.45) is 5.92 Å². The largest absolute Gasteiger partial charge is 0.313 e. The summed E-state index contributed by atoms with van der Waals surface area (Å²) in [6.07, 6.45) is 2.89. The standard InChI is InChI=1S/C13H19NS/c1-10(14-2)12-4-3-5-13(8-12)15-9-11-6-7-11/h3-5,8,10-11,14H,6-7,9H2,1-2H3. The second-order valence-electron chi connectivity index (χ2n) is 4.34. The third-order valence-electron chi connectivity index (χ3n) is 2.97. The lowest BCUT2D eigenvalue weighted by molar-refractivity contribution is 0.651. The van der Waals surface area contributed by atoms with Crippen molar-refractivity contribution in [1.82, 2.24) is 5.32 Å². The zero-order valence-corrected chi connectivity index (χ0v) is 10.3. The van der Waals surface area contributed by atoms with Gasteiger partial charge in [-0.3, -0.25) is 0 Å². The van der Waals surface area contributed by atoms with Gasteiger partial charge in [-0.05, 0) is 50.4 Å². The van der Waals surface area contributed by atoms with Gasteiger partial charge in [0.15, 0.2) is 0 Å². The first kappa shape index (κ1) is 11.0. The van der Waals surface area contributed by atoms with E-state index in [1.807, 2.05) is 18.8 Å². The third-order valence-corrected chi connectivity index (χ3v) is 4.20. The monoisotopic (exact) mass is 221 g/mol. The minimum Gasteiger partial charge on any atom is -0.313 e. The zero-order chi connectivity index (χ0) is 10.7. The summed E-state index contributed by atoms with van der Waals surface area (Å²) in [7, 11) is 2.01. The average molecular weight is 221 g/mol. The fourth-order valence-electron chi connectivity index (χ4n) is 1.54. The van der Waals surface area contributed by atoms with Crippen LogP contribution in [0, 0.1) is 5.92 Å². The van der Waals surface area contributed by atoms with Gasteiger partial charge in [0, 0.05) is 16.7 Å². The summed E-state index contributed by atoms with van der Waals surface area (Å²) in [6.45, 7) is 2.20. The Kier molecular flexibility index (Phi) is 3.71. The second-order valence-corrected chi connectivity index (χ2v) is 5.43. The van der Waals surface area contributed by atoms with Crippen LogP contribution in [0.15, 0.2) is 29.2 Å². The van der Waals surface area contributed by atoms with Gasteiger partial charge < -0.3 is 5.32 Å². The SMILES string of the molecule is CNC(C)c1cccc(SCC2CC2)c1. The predicted octanol–water partition coefficient (Wildman–Crippen LogP) is 3.47. The molecule has 1 aromatic rings. The van der Waals surface area contributed by atoms with Crippen molar-refractivity contribution in [2.45, 2.75) is 30.7 Å². The Hall–Kier alpha value is -0.470. The predicted molar refractivity (Wildman–Crippen MR) is 67.4 cm³/mol. The molecule has 2 heteroatoms. The molecular formula is C13H19NS. The highest BCUT2D eigenvalue weighted by Gasteiger charge is 2.21. The molecule has 0 aliphatic heterocycles. The lowest BCUT2D eigenvalue weighted by atomic mass is 10.1. The van der Waals surface area contributed by atoms with Crippen molar-refractivity contribution >= 4 is 11.8 Å². The van der Waals surface area contributed by atoms with E-state index < -0.39 is 0 Å². The topological polar surface area (TPSA) is 12.0 Å². The molecule has 0 radical (unpaired) electrons. The van der Waals surface area contributed by atoms with Crippen LogP contribution >= 0.6 is 11.8 Å². The maximum atomic E-state index is 3.28. The van der Waals surface area contributed by atoms with E-state index in [1.54, 1.807) is 0 Å². The molecule has 1 N–H and O–H groups in total. The normalized spacial score (nSPS) is 17.7. The van der Waals surface area contributed by atoms with Crippen molar-refractivity contribution in [3.8, 4) is 0 Å². The molecule has 0 heterocycles. The molecule has 0 spiro atoms. The summed E-state index contributed by atoms with van der Waals surface area (Å²) in [5, 5.41) is 3.28. The van der Waals surface area contributed by atoms with Gasteiger partial charge in [0.1, 0.15) is 0 Å². The van der Waals surface area contributed by atoms with Crippen LogP contribution in [0.5, 0.6) is 0 Å². The Morgan fingerprint density at radius 1 is 1.47 bits per heavy atom. The minimum atomic E-state index is 0.450. The van der Waals surface area contributed by atoms with Gasteiger partial charge >= 0.3 is 0 Å². The van der Waals surface area contributed by atoms with Crippen molar-refractivity contribution in [3.05, 3.63) is 29.8 Å². The maximum Gasteiger partial charge on any atom is 0.0289 e. The van der Waals surface area contributed by atoms with E-state index in [0.717, 1.165) is 5.92 Å². The first-order chi connectivity index (χ1) is 7.29. The number of thioether (sulfide) groups is 1. The van der Waals surface area contributed by atoms with Crippen LogP contribution in [-0.2, 0) is 0 Å². The summed E-state index contributed by atoms with van der Waals surface area (Å²) in [5.41, 5.74) is 1.39. The molecule has 1 aliphatic rings. The maximum absolute atomic E-state index is 3.28. The highest BCUT2D eigenvalue weighted by Crippen LogP contribution is 2.35. The van der Waals surface area contributed by atoms with Crippen LogP contribution in [-0.4, -0.2) is 12.8 Å². The van der Waals surface area contributed by atoms with Gasteiger partial charge in [-0.1, -0.05) is 12.1 Å². The van der Waals surface area contributed by atoms with E-state index in [0.29, 0.717) is 6.04 Å². The summed E-state index contributed by atoms with van der Waals surface area (Å²) >= 11 is 2.01. The quantitative estimate of drug-likeness (QED) is 0.764. The fourth-order valence-corrected chi connectivity index (χ4v) is 2.69. The van der Waals surface area contributed by atoms with Crippen molar-refractivity contribution in [2.75, 3.05) is 12.8 Å². The third kappa shape index (κ3) is 3.25. The molecule has 0 bridgehead atoms. The van der Waals surface area contributed by atoms with Crippen molar-refractivity contribution < 1.29 is 0 Å². The smallest absolute Gasteiger partial charge is 0.0289 e. The highest BCUT2D eigenvalue weighted by atomic mass is 32.2. The molecule has 2 rings (SSSR count). The van der Waals surface area contributed by atoms with E-state index in [1.165, 1.54) is 29.1 Å². The molecule has 82 valence electrons. The molecule has 1 nitrogen and oxygen atoms in total. The van der Waals surface area contributed by atoms with Crippen LogP contribution in [0.2, 0.25) is 0 Å². The first-order valence-corrected chi connectivity index (χ1v) is 6.68. The lowest BCUT2D eigenvalue weighted by Crippen LogP contribution is -2.12. The van der Waals surface area contributed by atoms with Gasteiger partial charge in [0.2, 0.25) is 0 Å². The Morgan fingerprint density at radius 2 is 2.27 bits per heavy atom. The molecule has 1 saturated carbocycles. The number of benzene rings is 1. The van der Waals surface area contributed by atoms with E-state index >= 15 is 0 Å². The summed E-state index contributed by atoms with van der Waals surface area (Å²) < 4.78 is 0. The van der Waals surface area contributed by atoms with Gasteiger partial charge in [-0.15, -0.1) is 11.8 Å². The van der Waals surface area contributed by atoms with Gasteiger partial charge in [0.25, 0.3) is 0 Å². The van der Waals surface area contributed by atoms with Crippen molar-refractivity contribution in [3.63, 3.8) is 0 Å². The van der Waals surface area contributed by atoms with Gasteiger partial charge in [-0.25, -0.2) is 0 Å². The number of hydrogen-bond donors (Lipinski definition) is 1. The van der Waals surface area contributed by atoms with E-state index in [9.17, 15) is 0 Å². The Morgan fingerprint density at radius 3 is 2.93 bits per heavy atom. The molecule has 1 fully saturated rings. The second kappa shape index (κ2) is 5.04. The molecule has 15 heavy (non-hydrogen) atoms. The van der Waals surface area contributed by atoms with E-state index in [4.69, 9.17) is 0 Å². The molecule has 0 amide bonds. The van der Waals surface area contributed by atoms with E-state index in [-0.39, 0.29) is 0 Å². The van der Waals surface area contributed by atoms with E-state index in [2.05, 4.69) is 36.5 Å². The van der Waals surface area contributed by atoms with Crippen LogP contribution < -0.4 is 5.32 Å². The highest BCUT2D eigenvalue weighted by molar-refractivity contribution is 7.99.